The van der Waals surface area contributed by atoms with E-state index in [1.165, 1.54) is 99.6 Å². The molecule has 6 aromatic rings. The summed E-state index contributed by atoms with van der Waals surface area (Å²) < 4.78 is 21.5. The van der Waals surface area contributed by atoms with Crippen molar-refractivity contribution in [2.45, 2.75) is 80.1 Å². The van der Waals surface area contributed by atoms with Gasteiger partial charge in [0.05, 0.1) is 0 Å². The highest BCUT2D eigenvalue weighted by Gasteiger charge is 2.57. The average molecular weight is 713 g/mol. The summed E-state index contributed by atoms with van der Waals surface area (Å²) in [5.41, 5.74) is 23.1. The summed E-state index contributed by atoms with van der Waals surface area (Å²) in [6.45, 7) is 20.6. The lowest BCUT2D eigenvalue weighted by Crippen LogP contribution is -2.73. The summed E-state index contributed by atoms with van der Waals surface area (Å²) in [7, 11) is 0. The van der Waals surface area contributed by atoms with Gasteiger partial charge in [-0.3, -0.25) is 0 Å². The van der Waals surface area contributed by atoms with Crippen molar-refractivity contribution >= 4 is 86.4 Å². The van der Waals surface area contributed by atoms with Crippen LogP contribution in [0, 0.1) is 20.8 Å². The molecule has 0 atom stereocenters. The van der Waals surface area contributed by atoms with E-state index in [9.17, 15) is 0 Å². The van der Waals surface area contributed by atoms with Crippen molar-refractivity contribution in [3.63, 3.8) is 0 Å². The quantitative estimate of drug-likeness (QED) is 0.203. The maximum atomic E-state index is 7.18. The van der Waals surface area contributed by atoms with Crippen LogP contribution in [-0.4, -0.2) is 20.1 Å². The number of hydrogen-bond donors (Lipinski definition) is 0. The molecule has 0 saturated heterocycles. The highest BCUT2D eigenvalue weighted by atomic mass is 16.5. The molecular weight excluding hydrogens is 671 g/mol. The van der Waals surface area contributed by atoms with Crippen molar-refractivity contribution in [3.8, 4) is 34.5 Å². The van der Waals surface area contributed by atoms with E-state index in [2.05, 4.69) is 140 Å². The van der Waals surface area contributed by atoms with Gasteiger partial charge in [-0.05, 0) is 123 Å². The summed E-state index contributed by atoms with van der Waals surface area (Å²) in [4.78, 5) is 2.66. The van der Waals surface area contributed by atoms with Gasteiger partial charge in [-0.15, -0.1) is 0 Å². The van der Waals surface area contributed by atoms with Crippen LogP contribution in [0.3, 0.4) is 0 Å². The van der Waals surface area contributed by atoms with E-state index in [0.29, 0.717) is 0 Å². The number of rotatable bonds is 3. The molecule has 55 heavy (non-hydrogen) atoms. The lowest BCUT2D eigenvalue weighted by Gasteiger charge is -2.52. The molecule has 0 saturated carbocycles. The molecule has 6 aliphatic heterocycles. The molecule has 0 aliphatic carbocycles. The maximum absolute atomic E-state index is 7.18. The van der Waals surface area contributed by atoms with Crippen LogP contribution in [0.15, 0.2) is 72.8 Å². The number of fused-ring (bicyclic) bond motifs is 9. The molecule has 0 N–H and O–H groups in total. The van der Waals surface area contributed by atoms with Crippen LogP contribution >= 0.6 is 0 Å². The zero-order chi connectivity index (χ0) is 37.5. The fourth-order valence-electron chi connectivity index (χ4n) is 11.1. The first-order chi connectivity index (χ1) is 26.5. The number of hydrogen-bond acceptors (Lipinski definition) is 4. The van der Waals surface area contributed by atoms with Gasteiger partial charge in [-0.25, -0.2) is 0 Å². The van der Waals surface area contributed by atoms with E-state index >= 15 is 0 Å². The number of aryl methyl sites for hydroxylation is 3. The lowest BCUT2D eigenvalue weighted by molar-refractivity contribution is 0.476. The number of benzene rings is 6. The summed E-state index contributed by atoms with van der Waals surface area (Å²) in [5.74, 6) is 6.77. The van der Waals surface area contributed by atoms with E-state index < -0.39 is 0 Å². The Hall–Kier alpha value is -5.29. The first-order valence-electron chi connectivity index (χ1n) is 20.3. The van der Waals surface area contributed by atoms with Crippen molar-refractivity contribution in [1.82, 2.24) is 0 Å². The van der Waals surface area contributed by atoms with Gasteiger partial charge in [-0.2, -0.15) is 0 Å². The zero-order valence-electron chi connectivity index (χ0n) is 33.1. The van der Waals surface area contributed by atoms with Crippen molar-refractivity contribution in [3.05, 3.63) is 106 Å². The second-order valence-corrected chi connectivity index (χ2v) is 18.0. The molecule has 6 aliphatic rings. The molecule has 6 aromatic carbocycles. The molecule has 0 spiro atoms. The van der Waals surface area contributed by atoms with Crippen molar-refractivity contribution in [1.29, 1.82) is 0 Å². The van der Waals surface area contributed by atoms with E-state index in [4.69, 9.17) is 14.2 Å². The SMILES string of the molecule is Cc1ccc2c(c1)B1c3cc(C(C)C)c4c5c3N3c6c(cc(C(C)C)c(c61)O2)B1c2cc(C)ccc2Oc2c(C(C)C)cc(c3c21)B5c1cc(C)ccc1O4. The van der Waals surface area contributed by atoms with Crippen LogP contribution < -0.4 is 68.3 Å². The normalized spacial score (nSPS) is 15.1. The van der Waals surface area contributed by atoms with E-state index in [1.807, 2.05) is 0 Å². The zero-order valence-corrected chi connectivity index (χ0v) is 33.1. The summed E-state index contributed by atoms with van der Waals surface area (Å²) in [6, 6.07) is 27.9. The van der Waals surface area contributed by atoms with Gasteiger partial charge in [0.25, 0.3) is 20.1 Å². The molecule has 0 bridgehead atoms. The minimum atomic E-state index is 0.00837. The van der Waals surface area contributed by atoms with Gasteiger partial charge < -0.3 is 19.1 Å². The predicted octanol–water partition coefficient (Wildman–Crippen LogP) is 6.26. The largest absolute Gasteiger partial charge is 0.458 e. The Bertz CT molecular complexity index is 2500. The monoisotopic (exact) mass is 713 g/mol. The molecule has 266 valence electrons. The lowest BCUT2D eigenvalue weighted by atomic mass is 9.25. The van der Waals surface area contributed by atoms with Crippen LogP contribution in [0.5, 0.6) is 34.5 Å². The van der Waals surface area contributed by atoms with Gasteiger partial charge in [-0.1, -0.05) is 113 Å². The fraction of sp³-hybridized carbons (Fsp3) is 0.250. The van der Waals surface area contributed by atoms with Gasteiger partial charge >= 0.3 is 0 Å². The van der Waals surface area contributed by atoms with Crippen molar-refractivity contribution in [2.75, 3.05) is 4.90 Å². The standard InChI is InChI=1S/C48H42B3NO3/c1-22(2)28-19-34-43-40-46(28)53-37-13-10-25(7)16-31(37)50(40)35-20-29(23(3)4)48-42-44(35)52(43)45-36(51(42)33-18-27(9)12-15-39(33)55-48)21-30(24(5)6)47-41(45)49(34)32-17-26(8)11-14-38(32)54-47/h10-24H,1-9H3. The second-order valence-electron chi connectivity index (χ2n) is 18.0. The second kappa shape index (κ2) is 10.5. The molecular formula is C48H42B3NO3. The molecule has 12 rings (SSSR count). The molecule has 4 nitrogen and oxygen atoms in total. The van der Waals surface area contributed by atoms with Crippen LogP contribution in [0.4, 0.5) is 17.1 Å². The van der Waals surface area contributed by atoms with Gasteiger partial charge in [0.1, 0.15) is 34.5 Å². The molecule has 7 heteroatoms. The third-order valence-electron chi connectivity index (χ3n) is 13.4. The Morgan fingerprint density at radius 1 is 0.400 bits per heavy atom. The van der Waals surface area contributed by atoms with Gasteiger partial charge in [0.2, 0.25) is 0 Å². The molecule has 0 amide bonds. The van der Waals surface area contributed by atoms with Crippen LogP contribution in [0.25, 0.3) is 0 Å². The Labute approximate surface area is 325 Å². The highest BCUT2D eigenvalue weighted by molar-refractivity contribution is 7.07. The molecule has 6 heterocycles. The number of ether oxygens (including phenoxy) is 3. The summed E-state index contributed by atoms with van der Waals surface area (Å²) in [6.07, 6.45) is 0. The topological polar surface area (TPSA) is 30.9 Å². The van der Waals surface area contributed by atoms with Crippen LogP contribution in [-0.2, 0) is 0 Å². The minimum absolute atomic E-state index is 0.00837. The highest BCUT2D eigenvalue weighted by Crippen LogP contribution is 2.50. The first kappa shape index (κ1) is 32.0. The third kappa shape index (κ3) is 3.87. The average Bonchev–Trinajstić information content (AvgIpc) is 3.15. The molecule has 0 unspecified atom stereocenters. The van der Waals surface area contributed by atoms with E-state index in [1.54, 1.807) is 0 Å². The van der Waals surface area contributed by atoms with Crippen LogP contribution in [0.1, 0.15) is 92.7 Å². The Balaban J connectivity index is 1.33. The van der Waals surface area contributed by atoms with Gasteiger partial charge in [0, 0.05) is 17.1 Å². The Morgan fingerprint density at radius 2 is 0.691 bits per heavy atom. The van der Waals surface area contributed by atoms with E-state index in [0.717, 1.165) is 34.5 Å². The van der Waals surface area contributed by atoms with Crippen LogP contribution in [0.2, 0.25) is 0 Å². The third-order valence-corrected chi connectivity index (χ3v) is 13.4. The minimum Gasteiger partial charge on any atom is -0.458 e. The first-order valence-corrected chi connectivity index (χ1v) is 20.3. The Kier molecular flexibility index (Phi) is 6.12. The molecule has 0 aromatic heterocycles. The van der Waals surface area contributed by atoms with Gasteiger partial charge in [0.15, 0.2) is 0 Å². The smallest absolute Gasteiger partial charge is 0.256 e. The molecule has 0 radical (unpaired) electrons. The summed E-state index contributed by atoms with van der Waals surface area (Å²) >= 11 is 0. The van der Waals surface area contributed by atoms with Crippen molar-refractivity contribution in [2.24, 2.45) is 0 Å². The predicted molar refractivity (Wildman–Crippen MR) is 231 cm³/mol. The number of anilines is 3. The fourth-order valence-corrected chi connectivity index (χ4v) is 11.1. The van der Waals surface area contributed by atoms with E-state index in [-0.39, 0.29) is 37.9 Å². The number of nitrogens with zero attached hydrogens (tertiary/aromatic N) is 1. The Morgan fingerprint density at radius 3 is 0.964 bits per heavy atom. The van der Waals surface area contributed by atoms with Crippen molar-refractivity contribution < 1.29 is 14.2 Å². The maximum Gasteiger partial charge on any atom is 0.256 e. The summed E-state index contributed by atoms with van der Waals surface area (Å²) in [5, 5.41) is 0. The molecule has 0 fully saturated rings.